The highest BCUT2D eigenvalue weighted by Gasteiger charge is 2.14. The van der Waals surface area contributed by atoms with Crippen LogP contribution in [0, 0.1) is 0 Å². The Balaban J connectivity index is 1.52. The third kappa shape index (κ3) is 5.53. The summed E-state index contributed by atoms with van der Waals surface area (Å²) >= 11 is 5.99. The largest absolute Gasteiger partial charge is 0.368 e. The minimum absolute atomic E-state index is 0.156. The van der Waals surface area contributed by atoms with Gasteiger partial charge in [-0.3, -0.25) is 4.79 Å². The quantitative estimate of drug-likeness (QED) is 0.671. The number of amides is 1. The van der Waals surface area contributed by atoms with Gasteiger partial charge in [0.25, 0.3) is 5.91 Å². The molecule has 1 N–H and O–H groups in total. The van der Waals surface area contributed by atoms with Crippen molar-refractivity contribution in [2.75, 3.05) is 18.9 Å². The summed E-state index contributed by atoms with van der Waals surface area (Å²) in [6, 6.07) is 21.1. The van der Waals surface area contributed by atoms with Gasteiger partial charge in [0.15, 0.2) is 5.69 Å². The molecule has 0 aliphatic heterocycles. The molecule has 0 atom stereocenters. The molecule has 3 aromatic rings. The highest BCUT2D eigenvalue weighted by atomic mass is 35.5. The molecule has 138 valence electrons. The van der Waals surface area contributed by atoms with E-state index in [9.17, 15) is 4.79 Å². The van der Waals surface area contributed by atoms with Crippen LogP contribution in [0.2, 0.25) is 5.02 Å². The standard InChI is InChI=1S/C21H21ClN4O/c1-26(15-17-6-3-2-4-7-17)21(27)19-10-11-20(25-24-19)23-13-12-16-8-5-9-18(22)14-16/h2-11,14H,12-13,15H2,1H3,(H,23,25). The fourth-order valence-corrected chi connectivity index (χ4v) is 2.91. The van der Waals surface area contributed by atoms with E-state index in [1.807, 2.05) is 54.6 Å². The van der Waals surface area contributed by atoms with Crippen LogP contribution < -0.4 is 5.32 Å². The maximum absolute atomic E-state index is 12.5. The van der Waals surface area contributed by atoms with Crippen LogP contribution in [0.5, 0.6) is 0 Å². The molecule has 1 heterocycles. The van der Waals surface area contributed by atoms with Crippen LogP contribution in [-0.4, -0.2) is 34.6 Å². The van der Waals surface area contributed by atoms with Crippen LogP contribution in [0.4, 0.5) is 5.82 Å². The summed E-state index contributed by atoms with van der Waals surface area (Å²) < 4.78 is 0. The van der Waals surface area contributed by atoms with Crippen LogP contribution in [0.1, 0.15) is 21.6 Å². The first-order chi connectivity index (χ1) is 13.1. The van der Waals surface area contributed by atoms with Gasteiger partial charge in [-0.05, 0) is 41.8 Å². The van der Waals surface area contributed by atoms with E-state index >= 15 is 0 Å². The molecule has 6 heteroatoms. The highest BCUT2D eigenvalue weighted by molar-refractivity contribution is 6.30. The summed E-state index contributed by atoms with van der Waals surface area (Å²) in [6.45, 7) is 1.23. The van der Waals surface area contributed by atoms with Gasteiger partial charge in [0.2, 0.25) is 0 Å². The number of carbonyl (C=O) groups excluding carboxylic acids is 1. The highest BCUT2D eigenvalue weighted by Crippen LogP contribution is 2.12. The van der Waals surface area contributed by atoms with Gasteiger partial charge >= 0.3 is 0 Å². The van der Waals surface area contributed by atoms with Gasteiger partial charge in [0.05, 0.1) is 0 Å². The summed E-state index contributed by atoms with van der Waals surface area (Å²) in [4.78, 5) is 14.1. The average molecular weight is 381 g/mol. The molecule has 2 aromatic carbocycles. The molecule has 0 radical (unpaired) electrons. The van der Waals surface area contributed by atoms with E-state index in [0.29, 0.717) is 24.6 Å². The van der Waals surface area contributed by atoms with Crippen LogP contribution in [0.3, 0.4) is 0 Å². The number of nitrogens with one attached hydrogen (secondary N) is 1. The second kappa shape index (κ2) is 9.14. The molecular formula is C21H21ClN4O. The molecular weight excluding hydrogens is 360 g/mol. The maximum atomic E-state index is 12.5. The minimum atomic E-state index is -0.156. The van der Waals surface area contributed by atoms with E-state index < -0.39 is 0 Å². The van der Waals surface area contributed by atoms with Crippen molar-refractivity contribution in [2.45, 2.75) is 13.0 Å². The predicted octanol–water partition coefficient (Wildman–Crippen LogP) is 4.06. The van der Waals surface area contributed by atoms with Crippen molar-refractivity contribution in [1.82, 2.24) is 15.1 Å². The van der Waals surface area contributed by atoms with Crippen LogP contribution in [0.15, 0.2) is 66.7 Å². The van der Waals surface area contributed by atoms with E-state index in [1.165, 1.54) is 0 Å². The van der Waals surface area contributed by atoms with E-state index in [4.69, 9.17) is 11.6 Å². The number of nitrogens with zero attached hydrogens (tertiary/aromatic N) is 3. The van der Waals surface area contributed by atoms with Crippen molar-refractivity contribution in [3.8, 4) is 0 Å². The number of aromatic nitrogens is 2. The summed E-state index contributed by atoms with van der Waals surface area (Å²) in [6.07, 6.45) is 0.822. The van der Waals surface area contributed by atoms with Crippen molar-refractivity contribution < 1.29 is 4.79 Å². The average Bonchev–Trinajstić information content (AvgIpc) is 2.69. The van der Waals surface area contributed by atoms with Gasteiger partial charge in [-0.25, -0.2) is 0 Å². The monoisotopic (exact) mass is 380 g/mol. The molecule has 5 nitrogen and oxygen atoms in total. The van der Waals surface area contributed by atoms with Crippen molar-refractivity contribution in [2.24, 2.45) is 0 Å². The number of halogens is 1. The van der Waals surface area contributed by atoms with E-state index in [2.05, 4.69) is 15.5 Å². The maximum Gasteiger partial charge on any atom is 0.274 e. The molecule has 0 aliphatic carbocycles. The van der Waals surface area contributed by atoms with Gasteiger partial charge in [-0.15, -0.1) is 10.2 Å². The lowest BCUT2D eigenvalue weighted by molar-refractivity contribution is 0.0778. The first kappa shape index (κ1) is 18.9. The molecule has 0 saturated heterocycles. The Morgan fingerprint density at radius 2 is 1.78 bits per heavy atom. The van der Waals surface area contributed by atoms with E-state index in [1.54, 1.807) is 24.1 Å². The second-order valence-electron chi connectivity index (χ2n) is 6.26. The molecule has 1 aromatic heterocycles. The fourth-order valence-electron chi connectivity index (χ4n) is 2.69. The number of rotatable bonds is 7. The zero-order valence-electron chi connectivity index (χ0n) is 15.1. The molecule has 0 aliphatic rings. The fraction of sp³-hybridized carbons (Fsp3) is 0.190. The Bertz CT molecular complexity index is 884. The first-order valence-electron chi connectivity index (χ1n) is 8.73. The van der Waals surface area contributed by atoms with E-state index in [-0.39, 0.29) is 5.91 Å². The van der Waals surface area contributed by atoms with Gasteiger partial charge in [0.1, 0.15) is 5.82 Å². The van der Waals surface area contributed by atoms with Gasteiger partial charge in [-0.1, -0.05) is 54.1 Å². The Labute approximate surface area is 164 Å². The van der Waals surface area contributed by atoms with Crippen LogP contribution >= 0.6 is 11.6 Å². The van der Waals surface area contributed by atoms with E-state index in [0.717, 1.165) is 22.6 Å². The summed E-state index contributed by atoms with van der Waals surface area (Å²) in [5, 5.41) is 12.1. The summed E-state index contributed by atoms with van der Waals surface area (Å²) in [5.74, 6) is 0.483. The summed E-state index contributed by atoms with van der Waals surface area (Å²) in [7, 11) is 1.76. The lowest BCUT2D eigenvalue weighted by Crippen LogP contribution is -2.27. The Kier molecular flexibility index (Phi) is 6.39. The first-order valence-corrected chi connectivity index (χ1v) is 9.11. The van der Waals surface area contributed by atoms with Gasteiger partial charge < -0.3 is 10.2 Å². The molecule has 0 fully saturated rings. The SMILES string of the molecule is CN(Cc1ccccc1)C(=O)c1ccc(NCCc2cccc(Cl)c2)nn1. The van der Waals surface area contributed by atoms with Crippen molar-refractivity contribution in [1.29, 1.82) is 0 Å². The minimum Gasteiger partial charge on any atom is -0.368 e. The number of carbonyl (C=O) groups is 1. The third-order valence-electron chi connectivity index (χ3n) is 4.10. The van der Waals surface area contributed by atoms with Crippen molar-refractivity contribution in [3.63, 3.8) is 0 Å². The number of benzene rings is 2. The topological polar surface area (TPSA) is 58.1 Å². The molecule has 3 rings (SSSR count). The normalized spacial score (nSPS) is 10.4. The van der Waals surface area contributed by atoms with Crippen LogP contribution in [-0.2, 0) is 13.0 Å². The second-order valence-corrected chi connectivity index (χ2v) is 6.69. The summed E-state index contributed by atoms with van der Waals surface area (Å²) in [5.41, 5.74) is 2.55. The molecule has 0 spiro atoms. The number of hydrogen-bond acceptors (Lipinski definition) is 4. The Morgan fingerprint density at radius 1 is 1.00 bits per heavy atom. The van der Waals surface area contributed by atoms with Crippen LogP contribution in [0.25, 0.3) is 0 Å². The molecule has 0 bridgehead atoms. The third-order valence-corrected chi connectivity index (χ3v) is 4.34. The van der Waals surface area contributed by atoms with Crippen molar-refractivity contribution in [3.05, 3.63) is 88.6 Å². The smallest absolute Gasteiger partial charge is 0.274 e. The van der Waals surface area contributed by atoms with Gasteiger partial charge in [-0.2, -0.15) is 0 Å². The lowest BCUT2D eigenvalue weighted by Gasteiger charge is -2.16. The Morgan fingerprint density at radius 3 is 2.48 bits per heavy atom. The predicted molar refractivity (Wildman–Crippen MR) is 108 cm³/mol. The Hall–Kier alpha value is -2.92. The number of anilines is 1. The number of hydrogen-bond donors (Lipinski definition) is 1. The van der Waals surface area contributed by atoms with Gasteiger partial charge in [0, 0.05) is 25.2 Å². The molecule has 0 saturated carbocycles. The zero-order chi connectivity index (χ0) is 19.1. The molecule has 0 unspecified atom stereocenters. The van der Waals surface area contributed by atoms with Crippen molar-refractivity contribution >= 4 is 23.3 Å². The molecule has 1 amide bonds. The lowest BCUT2D eigenvalue weighted by atomic mass is 10.1. The molecule has 27 heavy (non-hydrogen) atoms. The zero-order valence-corrected chi connectivity index (χ0v) is 15.9.